The van der Waals surface area contributed by atoms with E-state index in [1.54, 1.807) is 11.3 Å². The summed E-state index contributed by atoms with van der Waals surface area (Å²) in [6.45, 7) is 4.18. The molecule has 1 atom stereocenters. The minimum Gasteiger partial charge on any atom is -0.293 e. The lowest BCUT2D eigenvalue weighted by Gasteiger charge is -2.07. The fraction of sp³-hybridized carbons (Fsp3) is 0.235. The summed E-state index contributed by atoms with van der Waals surface area (Å²) in [6.07, 6.45) is 0.754. The molecule has 0 spiro atoms. The van der Waals surface area contributed by atoms with Gasteiger partial charge in [-0.1, -0.05) is 44.0 Å². The van der Waals surface area contributed by atoms with Crippen molar-refractivity contribution < 1.29 is 4.79 Å². The summed E-state index contributed by atoms with van der Waals surface area (Å²) in [5.74, 6) is 0.203. The topological polar surface area (TPSA) is 17.1 Å². The second-order valence-corrected chi connectivity index (χ2v) is 8.70. The molecule has 1 aromatic heterocycles. The van der Waals surface area contributed by atoms with Gasteiger partial charge in [0.1, 0.15) is 0 Å². The molecular weight excluding hydrogens is 412 g/mol. The monoisotopic (exact) mass is 424 g/mol. The molecule has 1 heterocycles. The van der Waals surface area contributed by atoms with Crippen molar-refractivity contribution in [3.8, 4) is 0 Å². The van der Waals surface area contributed by atoms with Crippen LogP contribution < -0.4 is 0 Å². The highest BCUT2D eigenvalue weighted by Crippen LogP contribution is 2.43. The van der Waals surface area contributed by atoms with Crippen LogP contribution in [0.1, 0.15) is 27.3 Å². The van der Waals surface area contributed by atoms with E-state index in [9.17, 15) is 4.79 Å². The van der Waals surface area contributed by atoms with E-state index in [4.69, 9.17) is 0 Å². The van der Waals surface area contributed by atoms with Crippen LogP contribution in [0.4, 0.5) is 0 Å². The molecule has 1 aromatic carbocycles. The highest BCUT2D eigenvalue weighted by molar-refractivity contribution is 9.10. The predicted octanol–water partition coefficient (Wildman–Crippen LogP) is 5.77. The van der Waals surface area contributed by atoms with E-state index in [2.05, 4.69) is 63.9 Å². The fourth-order valence-corrected chi connectivity index (χ4v) is 4.51. The highest BCUT2D eigenvalue weighted by atomic mass is 79.9. The van der Waals surface area contributed by atoms with E-state index in [-0.39, 0.29) is 10.6 Å². The second-order valence-electron chi connectivity index (χ2n) is 5.22. The molecule has 0 amide bonds. The van der Waals surface area contributed by atoms with Crippen molar-refractivity contribution in [3.63, 3.8) is 0 Å². The number of Topliss-reactive ketones (excluding diaryl/α,β-unsaturated/α-hetero) is 1. The van der Waals surface area contributed by atoms with Crippen LogP contribution in [0.3, 0.4) is 0 Å². The Morgan fingerprint density at radius 3 is 2.43 bits per heavy atom. The Morgan fingerprint density at radius 1 is 1.19 bits per heavy atom. The Bertz CT molecular complexity index is 741. The predicted molar refractivity (Wildman–Crippen MR) is 97.1 cm³/mol. The number of aryl methyl sites for hydroxylation is 2. The normalized spacial score (nSPS) is 18.7. The lowest BCUT2D eigenvalue weighted by molar-refractivity contribution is -0.112. The fourth-order valence-electron chi connectivity index (χ4n) is 2.77. The third kappa shape index (κ3) is 2.81. The van der Waals surface area contributed by atoms with Gasteiger partial charge in [-0.15, -0.1) is 11.3 Å². The highest BCUT2D eigenvalue weighted by Gasteiger charge is 2.33. The van der Waals surface area contributed by atoms with Gasteiger partial charge in [-0.05, 0) is 55.2 Å². The molecule has 0 saturated carbocycles. The third-order valence-corrected chi connectivity index (χ3v) is 5.95. The van der Waals surface area contributed by atoms with Gasteiger partial charge in [0.2, 0.25) is 0 Å². The van der Waals surface area contributed by atoms with Gasteiger partial charge in [0.25, 0.3) is 0 Å². The van der Waals surface area contributed by atoms with E-state index in [0.717, 1.165) is 33.2 Å². The number of thiophene rings is 1. The summed E-state index contributed by atoms with van der Waals surface area (Å²) in [4.78, 5) is 15.0. The molecular formula is C17H14Br2OS. The maximum Gasteiger partial charge on any atom is 0.177 e. The largest absolute Gasteiger partial charge is 0.293 e. The van der Waals surface area contributed by atoms with E-state index in [1.165, 1.54) is 9.75 Å². The number of hydrogen-bond acceptors (Lipinski definition) is 2. The van der Waals surface area contributed by atoms with Crippen molar-refractivity contribution in [2.45, 2.75) is 25.1 Å². The average Bonchev–Trinajstić information content (AvgIpc) is 2.91. The summed E-state index contributed by atoms with van der Waals surface area (Å²) in [5.41, 5.74) is 4.27. The van der Waals surface area contributed by atoms with Crippen LogP contribution in [0.5, 0.6) is 0 Å². The molecule has 0 bridgehead atoms. The summed E-state index contributed by atoms with van der Waals surface area (Å²) < 4.78 is 1.05. The third-order valence-electron chi connectivity index (χ3n) is 3.72. The molecule has 1 nitrogen and oxygen atoms in total. The number of carbonyl (C=O) groups excluding carboxylic acids is 1. The van der Waals surface area contributed by atoms with Crippen LogP contribution in [0, 0.1) is 13.8 Å². The van der Waals surface area contributed by atoms with Crippen LogP contribution >= 0.6 is 43.2 Å². The summed E-state index contributed by atoms with van der Waals surface area (Å²) >= 11 is 8.74. The zero-order valence-electron chi connectivity index (χ0n) is 11.7. The van der Waals surface area contributed by atoms with Gasteiger partial charge in [-0.3, -0.25) is 4.79 Å². The number of rotatable bonds is 2. The number of benzene rings is 1. The van der Waals surface area contributed by atoms with Gasteiger partial charge in [0.15, 0.2) is 5.78 Å². The van der Waals surface area contributed by atoms with E-state index >= 15 is 0 Å². The molecule has 4 heteroatoms. The van der Waals surface area contributed by atoms with E-state index in [1.807, 2.05) is 12.1 Å². The van der Waals surface area contributed by atoms with Crippen molar-refractivity contribution in [3.05, 3.63) is 55.7 Å². The summed E-state index contributed by atoms with van der Waals surface area (Å²) in [6, 6.07) is 10.3. The van der Waals surface area contributed by atoms with Gasteiger partial charge in [0, 0.05) is 19.8 Å². The first kappa shape index (κ1) is 15.2. The lowest BCUT2D eigenvalue weighted by Crippen LogP contribution is -2.07. The Balaban J connectivity index is 2.19. The number of halogens is 2. The molecule has 1 unspecified atom stereocenters. The first-order valence-corrected chi connectivity index (χ1v) is 9.24. The molecule has 108 valence electrons. The van der Waals surface area contributed by atoms with Crippen molar-refractivity contribution in [1.82, 2.24) is 0 Å². The number of carbonyl (C=O) groups is 1. The van der Waals surface area contributed by atoms with Crippen LogP contribution in [0.15, 0.2) is 34.8 Å². The van der Waals surface area contributed by atoms with Crippen molar-refractivity contribution in [1.29, 1.82) is 0 Å². The SMILES string of the molecule is Cc1cc(C2=C(c3ccc(Br)cc3)CC(Br)C2=O)c(C)s1. The van der Waals surface area contributed by atoms with Crippen molar-refractivity contribution in [2.75, 3.05) is 0 Å². The van der Waals surface area contributed by atoms with E-state index in [0.29, 0.717) is 0 Å². The Kier molecular flexibility index (Phi) is 4.21. The first-order chi connectivity index (χ1) is 9.97. The molecule has 21 heavy (non-hydrogen) atoms. The Hall–Kier alpha value is -0.710. The quantitative estimate of drug-likeness (QED) is 0.557. The number of hydrogen-bond donors (Lipinski definition) is 0. The van der Waals surface area contributed by atoms with Crippen molar-refractivity contribution in [2.24, 2.45) is 0 Å². The molecule has 0 N–H and O–H groups in total. The maximum atomic E-state index is 12.6. The Morgan fingerprint density at radius 2 is 1.86 bits per heavy atom. The van der Waals surface area contributed by atoms with E-state index < -0.39 is 0 Å². The van der Waals surface area contributed by atoms with Gasteiger partial charge in [-0.25, -0.2) is 0 Å². The standard InChI is InChI=1S/C17H14Br2OS/c1-9-7-13(10(2)21-9)16-14(8-15(19)17(16)20)11-3-5-12(18)6-4-11/h3-7,15H,8H2,1-2H3. The number of ketones is 1. The van der Waals surface area contributed by atoms with Crippen LogP contribution in [-0.4, -0.2) is 10.6 Å². The maximum absolute atomic E-state index is 12.6. The average molecular weight is 426 g/mol. The van der Waals surface area contributed by atoms with Gasteiger partial charge in [0.05, 0.1) is 4.83 Å². The first-order valence-electron chi connectivity index (χ1n) is 6.72. The summed E-state index contributed by atoms with van der Waals surface area (Å²) in [7, 11) is 0. The zero-order valence-corrected chi connectivity index (χ0v) is 15.7. The molecule has 0 fully saturated rings. The molecule has 1 aliphatic carbocycles. The summed E-state index contributed by atoms with van der Waals surface area (Å²) in [5, 5.41) is 0. The molecule has 0 aliphatic heterocycles. The minimum atomic E-state index is -0.106. The van der Waals surface area contributed by atoms with Crippen LogP contribution in [0.25, 0.3) is 11.1 Å². The molecule has 2 aromatic rings. The number of alkyl halides is 1. The van der Waals surface area contributed by atoms with Gasteiger partial charge >= 0.3 is 0 Å². The molecule has 0 radical (unpaired) electrons. The zero-order chi connectivity index (χ0) is 15.1. The van der Waals surface area contributed by atoms with Crippen LogP contribution in [0.2, 0.25) is 0 Å². The molecule has 3 rings (SSSR count). The number of allylic oxidation sites excluding steroid dienone is 2. The van der Waals surface area contributed by atoms with Gasteiger partial charge in [-0.2, -0.15) is 0 Å². The second kappa shape index (κ2) is 5.82. The Labute approximate surface area is 145 Å². The van der Waals surface area contributed by atoms with Crippen LogP contribution in [-0.2, 0) is 4.79 Å². The molecule has 0 saturated heterocycles. The molecule has 1 aliphatic rings. The minimum absolute atomic E-state index is 0.106. The van der Waals surface area contributed by atoms with Crippen molar-refractivity contribution >= 4 is 60.1 Å². The smallest absolute Gasteiger partial charge is 0.177 e. The van der Waals surface area contributed by atoms with Gasteiger partial charge < -0.3 is 0 Å². The lowest BCUT2D eigenvalue weighted by atomic mass is 9.97.